The summed E-state index contributed by atoms with van der Waals surface area (Å²) in [5, 5.41) is 0. The molecule has 4 saturated carbocycles. The van der Waals surface area contributed by atoms with E-state index in [0.717, 1.165) is 48.1 Å². The van der Waals surface area contributed by atoms with Gasteiger partial charge in [-0.25, -0.2) is 0 Å². The Balaban J connectivity index is 1.54. The maximum atomic E-state index is 13.2. The molecular weight excluding hydrogens is 368 g/mol. The van der Waals surface area contributed by atoms with Crippen molar-refractivity contribution in [3.8, 4) is 0 Å². The van der Waals surface area contributed by atoms with Gasteiger partial charge in [-0.2, -0.15) is 8.42 Å². The maximum Gasteiger partial charge on any atom is 0.297 e. The highest BCUT2D eigenvalue weighted by Crippen LogP contribution is 2.65. The predicted octanol–water partition coefficient (Wildman–Crippen LogP) is 5.66. The molecule has 0 heterocycles. The van der Waals surface area contributed by atoms with E-state index in [4.69, 9.17) is 4.18 Å². The Morgan fingerprint density at radius 1 is 0.857 bits per heavy atom. The minimum Gasteiger partial charge on any atom is -0.258 e. The fourth-order valence-corrected chi connectivity index (χ4v) is 7.67. The number of hydrogen-bond acceptors (Lipinski definition) is 3. The number of hydrogen-bond donors (Lipinski definition) is 0. The van der Waals surface area contributed by atoms with Crippen LogP contribution in [0.3, 0.4) is 0 Å². The minimum atomic E-state index is -3.82. The van der Waals surface area contributed by atoms with Crippen LogP contribution < -0.4 is 0 Å². The highest BCUT2D eigenvalue weighted by molar-refractivity contribution is 7.86. The lowest BCUT2D eigenvalue weighted by atomic mass is 9.47. The van der Waals surface area contributed by atoms with Crippen LogP contribution in [-0.4, -0.2) is 8.42 Å². The average Bonchev–Trinajstić information content (AvgIpc) is 2.66. The first-order valence-corrected chi connectivity index (χ1v) is 11.9. The summed E-state index contributed by atoms with van der Waals surface area (Å²) in [6.45, 7) is 1.96. The summed E-state index contributed by atoms with van der Waals surface area (Å²) in [4.78, 5) is 0.253. The molecule has 4 fully saturated rings. The highest BCUT2D eigenvalue weighted by atomic mass is 32.2. The maximum absolute atomic E-state index is 13.2. The zero-order valence-corrected chi connectivity index (χ0v) is 17.2. The molecule has 6 rings (SSSR count). The fraction of sp³-hybridized carbons (Fsp3) is 0.500. The molecule has 4 aliphatic rings. The van der Waals surface area contributed by atoms with E-state index in [0.29, 0.717) is 0 Å². The summed E-state index contributed by atoms with van der Waals surface area (Å²) < 4.78 is 32.5. The summed E-state index contributed by atoms with van der Waals surface area (Å²) >= 11 is 0. The summed E-state index contributed by atoms with van der Waals surface area (Å²) in [7, 11) is -3.82. The van der Waals surface area contributed by atoms with E-state index in [9.17, 15) is 8.42 Å². The Labute approximate surface area is 168 Å². The Morgan fingerprint density at radius 2 is 1.39 bits per heavy atom. The number of aryl methyl sites for hydroxylation is 1. The van der Waals surface area contributed by atoms with Gasteiger partial charge in [0.15, 0.2) is 0 Å². The molecule has 28 heavy (non-hydrogen) atoms. The second kappa shape index (κ2) is 6.70. The van der Waals surface area contributed by atoms with Crippen LogP contribution >= 0.6 is 0 Å². The van der Waals surface area contributed by atoms with Crippen molar-refractivity contribution in [1.82, 2.24) is 0 Å². The van der Waals surface area contributed by atoms with Gasteiger partial charge >= 0.3 is 0 Å². The number of benzene rings is 2. The molecule has 4 heteroatoms. The van der Waals surface area contributed by atoms with E-state index in [1.807, 2.05) is 49.4 Å². The van der Waals surface area contributed by atoms with Crippen LogP contribution in [0.5, 0.6) is 0 Å². The first-order chi connectivity index (χ1) is 13.4. The third-order valence-corrected chi connectivity index (χ3v) is 8.57. The molecule has 1 atom stereocenters. The van der Waals surface area contributed by atoms with Gasteiger partial charge in [0.2, 0.25) is 0 Å². The molecule has 1 unspecified atom stereocenters. The van der Waals surface area contributed by atoms with E-state index in [1.54, 1.807) is 12.1 Å². The van der Waals surface area contributed by atoms with Crippen LogP contribution in [0.15, 0.2) is 59.5 Å². The van der Waals surface area contributed by atoms with E-state index in [-0.39, 0.29) is 10.3 Å². The Bertz CT molecular complexity index is 912. The Hall–Kier alpha value is -1.65. The third-order valence-electron chi connectivity index (χ3n) is 7.28. The van der Waals surface area contributed by atoms with Gasteiger partial charge in [-0.15, -0.1) is 0 Å². The molecule has 3 nitrogen and oxygen atoms in total. The van der Waals surface area contributed by atoms with Crippen molar-refractivity contribution in [3.63, 3.8) is 0 Å². The van der Waals surface area contributed by atoms with Crippen molar-refractivity contribution in [1.29, 1.82) is 0 Å². The molecule has 2 aromatic rings. The summed E-state index contributed by atoms with van der Waals surface area (Å²) in [5.74, 6) is 2.22. The van der Waals surface area contributed by atoms with E-state index >= 15 is 0 Å². The fourth-order valence-electron chi connectivity index (χ4n) is 6.52. The lowest BCUT2D eigenvalue weighted by Crippen LogP contribution is -2.49. The second-order valence-corrected chi connectivity index (χ2v) is 11.0. The van der Waals surface area contributed by atoms with Crippen molar-refractivity contribution in [2.24, 2.45) is 23.2 Å². The van der Waals surface area contributed by atoms with Crippen LogP contribution in [0.25, 0.3) is 0 Å². The molecule has 0 amide bonds. The molecule has 0 aliphatic heterocycles. The first kappa shape index (κ1) is 18.4. The van der Waals surface area contributed by atoms with Crippen molar-refractivity contribution in [2.75, 3.05) is 0 Å². The van der Waals surface area contributed by atoms with Gasteiger partial charge < -0.3 is 0 Å². The van der Waals surface area contributed by atoms with E-state index in [2.05, 4.69) is 0 Å². The summed E-state index contributed by atoms with van der Waals surface area (Å²) in [6, 6.07) is 17.0. The minimum absolute atomic E-state index is 0.0477. The lowest BCUT2D eigenvalue weighted by molar-refractivity contribution is -0.111. The van der Waals surface area contributed by atoms with Crippen LogP contribution in [0, 0.1) is 30.1 Å². The van der Waals surface area contributed by atoms with Crippen molar-refractivity contribution in [2.45, 2.75) is 56.4 Å². The van der Waals surface area contributed by atoms with Crippen LogP contribution in [-0.2, 0) is 14.3 Å². The highest BCUT2D eigenvalue weighted by Gasteiger charge is 2.56. The SMILES string of the molecule is Cc1ccc(S(=O)(=O)OC(c2ccccc2)C23CC4CC(CC(C4)C2)C3)cc1. The van der Waals surface area contributed by atoms with Crippen molar-refractivity contribution < 1.29 is 12.6 Å². The van der Waals surface area contributed by atoms with Gasteiger partial charge in [0.25, 0.3) is 10.1 Å². The normalized spacial score (nSPS) is 32.4. The third kappa shape index (κ3) is 3.21. The van der Waals surface area contributed by atoms with Gasteiger partial charge in [0.1, 0.15) is 6.10 Å². The van der Waals surface area contributed by atoms with Crippen LogP contribution in [0.4, 0.5) is 0 Å². The first-order valence-electron chi connectivity index (χ1n) is 10.5. The smallest absolute Gasteiger partial charge is 0.258 e. The van der Waals surface area contributed by atoms with Gasteiger partial charge in [0.05, 0.1) is 4.90 Å². The topological polar surface area (TPSA) is 43.4 Å². The monoisotopic (exact) mass is 396 g/mol. The average molecular weight is 397 g/mol. The molecule has 148 valence electrons. The molecule has 0 radical (unpaired) electrons. The molecular formula is C24H28O3S. The summed E-state index contributed by atoms with van der Waals surface area (Å²) in [5.41, 5.74) is 1.99. The quantitative estimate of drug-likeness (QED) is 0.613. The van der Waals surface area contributed by atoms with Crippen LogP contribution in [0.2, 0.25) is 0 Å². The standard InChI is InChI=1S/C24H28O3S/c1-17-7-9-22(10-8-17)28(25,26)27-23(21-5-3-2-4-6-21)24-14-18-11-19(15-24)13-20(12-18)16-24/h2-10,18-20,23H,11-16H2,1H3. The van der Waals surface area contributed by atoms with Crippen LogP contribution in [0.1, 0.15) is 55.8 Å². The molecule has 4 aliphatic carbocycles. The Morgan fingerprint density at radius 3 is 1.93 bits per heavy atom. The molecule has 0 N–H and O–H groups in total. The van der Waals surface area contributed by atoms with Gasteiger partial charge in [-0.05, 0) is 80.9 Å². The van der Waals surface area contributed by atoms with Gasteiger partial charge in [0, 0.05) is 5.41 Å². The van der Waals surface area contributed by atoms with Crippen molar-refractivity contribution >= 4 is 10.1 Å². The molecule has 4 bridgehead atoms. The lowest BCUT2D eigenvalue weighted by Gasteiger charge is -2.59. The van der Waals surface area contributed by atoms with E-state index in [1.165, 1.54) is 19.3 Å². The molecule has 0 saturated heterocycles. The molecule has 2 aromatic carbocycles. The summed E-state index contributed by atoms with van der Waals surface area (Å²) in [6.07, 6.45) is 6.88. The second-order valence-electron chi connectivity index (χ2n) is 9.43. The number of rotatable bonds is 5. The van der Waals surface area contributed by atoms with Gasteiger partial charge in [-0.1, -0.05) is 48.0 Å². The zero-order valence-electron chi connectivity index (χ0n) is 16.4. The molecule has 0 aromatic heterocycles. The molecule has 0 spiro atoms. The largest absolute Gasteiger partial charge is 0.297 e. The zero-order chi connectivity index (χ0) is 19.4. The van der Waals surface area contributed by atoms with Gasteiger partial charge in [-0.3, -0.25) is 4.18 Å². The predicted molar refractivity (Wildman–Crippen MR) is 109 cm³/mol. The van der Waals surface area contributed by atoms with E-state index < -0.39 is 16.2 Å². The van der Waals surface area contributed by atoms with Crippen molar-refractivity contribution in [3.05, 3.63) is 65.7 Å². The Kier molecular flexibility index (Phi) is 4.40.